The molecule has 0 saturated heterocycles. The molecule has 8 heteroatoms. The minimum Gasteiger partial charge on any atom is -0.497 e. The largest absolute Gasteiger partial charge is 0.497 e. The highest BCUT2D eigenvalue weighted by Gasteiger charge is 2.21. The van der Waals surface area contributed by atoms with E-state index in [2.05, 4.69) is 45.8 Å². The second-order valence-electron chi connectivity index (χ2n) is 8.87. The number of methoxy groups -OCH3 is 1. The van der Waals surface area contributed by atoms with Gasteiger partial charge in [-0.1, -0.05) is 96.2 Å². The van der Waals surface area contributed by atoms with E-state index in [-0.39, 0.29) is 23.9 Å². The van der Waals surface area contributed by atoms with E-state index in [9.17, 15) is 9.90 Å². The molecule has 0 saturated carbocycles. The number of para-hydroxylation sites is 1. The summed E-state index contributed by atoms with van der Waals surface area (Å²) in [5, 5.41) is 19.3. The van der Waals surface area contributed by atoms with Gasteiger partial charge in [-0.15, -0.1) is 11.3 Å². The Labute approximate surface area is 236 Å². The molecule has 1 aromatic heterocycles. The first kappa shape index (κ1) is 26.6. The van der Waals surface area contributed by atoms with Crippen molar-refractivity contribution >= 4 is 33.8 Å². The van der Waals surface area contributed by atoms with Crippen molar-refractivity contribution in [1.29, 1.82) is 0 Å². The summed E-state index contributed by atoms with van der Waals surface area (Å²) in [5.74, 6) is -0.505. The zero-order chi connectivity index (χ0) is 27.7. The second-order valence-corrected chi connectivity index (χ2v) is 9.73. The fraction of sp³-hybridized carbons (Fsp3) is 0.0938. The highest BCUT2D eigenvalue weighted by molar-refractivity contribution is 7.14. The molecule has 0 amide bonds. The number of carboxylic acids is 1. The van der Waals surface area contributed by atoms with Crippen LogP contribution in [0.2, 0.25) is 0 Å². The summed E-state index contributed by atoms with van der Waals surface area (Å²) in [6.07, 6.45) is 0. The summed E-state index contributed by atoms with van der Waals surface area (Å²) in [6, 6.07) is 36.0. The van der Waals surface area contributed by atoms with Crippen LogP contribution in [0.5, 0.6) is 5.75 Å². The molecule has 0 aliphatic carbocycles. The van der Waals surface area contributed by atoms with Gasteiger partial charge in [0.25, 0.3) is 0 Å². The summed E-state index contributed by atoms with van der Waals surface area (Å²) >= 11 is 1.30. The fourth-order valence-electron chi connectivity index (χ4n) is 4.35. The van der Waals surface area contributed by atoms with E-state index in [1.807, 2.05) is 66.7 Å². The Kier molecular flexibility index (Phi) is 8.48. The van der Waals surface area contributed by atoms with Crippen molar-refractivity contribution in [3.8, 4) is 5.75 Å². The average Bonchev–Trinajstić information content (AvgIpc) is 3.45. The highest BCUT2D eigenvalue weighted by Crippen LogP contribution is 2.37. The summed E-state index contributed by atoms with van der Waals surface area (Å²) in [5.41, 5.74) is 5.07. The van der Waals surface area contributed by atoms with E-state index < -0.39 is 5.97 Å². The second kappa shape index (κ2) is 12.7. The monoisotopic (exact) mass is 549 g/mol. The molecule has 0 aliphatic heterocycles. The van der Waals surface area contributed by atoms with Crippen LogP contribution in [-0.2, 0) is 16.2 Å². The molecule has 0 aliphatic rings. The number of oxime groups is 1. The maximum absolute atomic E-state index is 12.0. The first-order valence-corrected chi connectivity index (χ1v) is 13.5. The number of benzene rings is 4. The van der Waals surface area contributed by atoms with Gasteiger partial charge in [0.1, 0.15) is 18.1 Å². The van der Waals surface area contributed by atoms with Gasteiger partial charge in [-0.3, -0.25) is 0 Å². The molecule has 4 aromatic carbocycles. The van der Waals surface area contributed by atoms with E-state index in [4.69, 9.17) is 9.57 Å². The number of aromatic nitrogens is 1. The van der Waals surface area contributed by atoms with E-state index in [0.29, 0.717) is 5.13 Å². The maximum Gasteiger partial charge on any atom is 0.360 e. The van der Waals surface area contributed by atoms with Crippen LogP contribution in [0.1, 0.15) is 33.9 Å². The van der Waals surface area contributed by atoms with Crippen LogP contribution in [0.15, 0.2) is 120 Å². The van der Waals surface area contributed by atoms with Crippen LogP contribution in [0.4, 0.5) is 10.8 Å². The molecule has 0 unspecified atom stereocenters. The van der Waals surface area contributed by atoms with Crippen LogP contribution in [0, 0.1) is 0 Å². The predicted octanol–water partition coefficient (Wildman–Crippen LogP) is 7.08. The van der Waals surface area contributed by atoms with Gasteiger partial charge in [0.05, 0.1) is 7.11 Å². The lowest BCUT2D eigenvalue weighted by Gasteiger charge is -2.22. The van der Waals surface area contributed by atoms with Crippen molar-refractivity contribution in [2.45, 2.75) is 12.5 Å². The summed E-state index contributed by atoms with van der Waals surface area (Å²) in [6.45, 7) is 0.115. The molecule has 0 bridgehead atoms. The first-order valence-electron chi connectivity index (χ1n) is 12.6. The first-order chi connectivity index (χ1) is 19.6. The van der Waals surface area contributed by atoms with Crippen LogP contribution in [0.3, 0.4) is 0 Å². The average molecular weight is 550 g/mol. The van der Waals surface area contributed by atoms with Crippen molar-refractivity contribution in [2.75, 3.05) is 12.4 Å². The Morgan fingerprint density at radius 3 is 2.15 bits per heavy atom. The minimum absolute atomic E-state index is 0.00645. The molecule has 7 nitrogen and oxygen atoms in total. The number of aliphatic carboxylic acids is 1. The smallest absolute Gasteiger partial charge is 0.360 e. The number of nitrogens with one attached hydrogen (secondary N) is 1. The van der Waals surface area contributed by atoms with Crippen LogP contribution < -0.4 is 10.1 Å². The van der Waals surface area contributed by atoms with Gasteiger partial charge < -0.3 is 20.0 Å². The van der Waals surface area contributed by atoms with Gasteiger partial charge >= 0.3 is 5.97 Å². The number of thiazole rings is 1. The summed E-state index contributed by atoms with van der Waals surface area (Å²) < 4.78 is 5.15. The minimum atomic E-state index is -1.22. The Morgan fingerprint density at radius 1 is 0.900 bits per heavy atom. The number of anilines is 2. The van der Waals surface area contributed by atoms with Crippen molar-refractivity contribution < 1.29 is 19.5 Å². The quantitative estimate of drug-likeness (QED) is 0.104. The Bertz CT molecular complexity index is 1550. The van der Waals surface area contributed by atoms with Gasteiger partial charge in [-0.05, 0) is 40.5 Å². The van der Waals surface area contributed by atoms with Crippen molar-refractivity contribution in [2.24, 2.45) is 5.16 Å². The van der Waals surface area contributed by atoms with Crippen molar-refractivity contribution in [3.63, 3.8) is 0 Å². The molecule has 2 N–H and O–H groups in total. The lowest BCUT2D eigenvalue weighted by molar-refractivity contribution is -0.129. The number of hydrogen-bond acceptors (Lipinski definition) is 7. The molecule has 200 valence electrons. The lowest BCUT2D eigenvalue weighted by Crippen LogP contribution is -2.15. The van der Waals surface area contributed by atoms with Gasteiger partial charge in [-0.2, -0.15) is 0 Å². The third-order valence-electron chi connectivity index (χ3n) is 6.27. The molecule has 0 spiro atoms. The zero-order valence-corrected chi connectivity index (χ0v) is 22.5. The topological polar surface area (TPSA) is 93.0 Å². The van der Waals surface area contributed by atoms with Gasteiger partial charge in [0, 0.05) is 17.0 Å². The van der Waals surface area contributed by atoms with E-state index in [1.165, 1.54) is 11.3 Å². The highest BCUT2D eigenvalue weighted by atomic mass is 32.1. The third-order valence-corrected chi connectivity index (χ3v) is 7.03. The summed E-state index contributed by atoms with van der Waals surface area (Å²) in [7, 11) is 1.59. The Morgan fingerprint density at radius 2 is 1.52 bits per heavy atom. The lowest BCUT2D eigenvalue weighted by atomic mass is 9.84. The zero-order valence-electron chi connectivity index (χ0n) is 21.7. The number of ether oxygens (including phenoxy) is 1. The van der Waals surface area contributed by atoms with E-state index >= 15 is 0 Å². The SMILES string of the molecule is COc1ccc(CON=C(C(=O)O)c2csc(Nc3ccccc3C(c3ccccc3)c3ccccc3)n2)cc1. The molecule has 5 aromatic rings. The molecule has 5 rings (SSSR count). The van der Waals surface area contributed by atoms with Crippen LogP contribution >= 0.6 is 11.3 Å². The molecule has 0 radical (unpaired) electrons. The normalized spacial score (nSPS) is 11.3. The fourth-order valence-corrected chi connectivity index (χ4v) is 5.06. The molecule has 1 heterocycles. The van der Waals surface area contributed by atoms with Gasteiger partial charge in [0.15, 0.2) is 5.13 Å². The van der Waals surface area contributed by atoms with Crippen molar-refractivity contribution in [3.05, 3.63) is 143 Å². The number of nitrogens with zero attached hydrogens (tertiary/aromatic N) is 2. The molecule has 0 atom stereocenters. The van der Waals surface area contributed by atoms with Crippen LogP contribution in [0.25, 0.3) is 0 Å². The summed E-state index contributed by atoms with van der Waals surface area (Å²) in [4.78, 5) is 21.8. The van der Waals surface area contributed by atoms with Gasteiger partial charge in [0.2, 0.25) is 5.71 Å². The molecule has 40 heavy (non-hydrogen) atoms. The van der Waals surface area contributed by atoms with Crippen LogP contribution in [-0.4, -0.2) is 28.9 Å². The Balaban J connectivity index is 1.38. The van der Waals surface area contributed by atoms with E-state index in [0.717, 1.165) is 33.7 Å². The third kappa shape index (κ3) is 6.36. The van der Waals surface area contributed by atoms with E-state index in [1.54, 1.807) is 24.6 Å². The van der Waals surface area contributed by atoms with Gasteiger partial charge in [-0.25, -0.2) is 9.78 Å². The predicted molar refractivity (Wildman–Crippen MR) is 158 cm³/mol. The molecular weight excluding hydrogens is 522 g/mol. The number of hydrogen-bond donors (Lipinski definition) is 2. The number of carboxylic acid groups (broad SMARTS) is 1. The molecule has 0 fully saturated rings. The van der Waals surface area contributed by atoms with Crippen molar-refractivity contribution in [1.82, 2.24) is 4.98 Å². The number of rotatable bonds is 11. The standard InChI is InChI=1S/C32H27N3O4S/c1-38-25-18-16-22(17-19-25)20-39-35-30(31(36)37)28-21-40-32(34-28)33-27-15-9-8-14-26(27)29(23-10-4-2-5-11-23)24-12-6-3-7-13-24/h2-19,21,29H,20H2,1H3,(H,33,34)(H,36,37). The molecular formula is C32H27N3O4S. The number of carbonyl (C=O) groups is 1. The Hall–Kier alpha value is -4.95. The maximum atomic E-state index is 12.0.